The molecule has 2 N–H and O–H groups in total. The molecular weight excluding hydrogens is 416 g/mol. The molecule has 168 valence electrons. The zero-order chi connectivity index (χ0) is 22.9. The lowest BCUT2D eigenvalue weighted by atomic mass is 10.2. The van der Waals surface area contributed by atoms with Crippen molar-refractivity contribution in [3.8, 4) is 11.5 Å². The summed E-state index contributed by atoms with van der Waals surface area (Å²) >= 11 is 0. The lowest BCUT2D eigenvalue weighted by Gasteiger charge is -2.13. The molecule has 0 radical (unpaired) electrons. The molecule has 0 spiro atoms. The van der Waals surface area contributed by atoms with Gasteiger partial charge in [0.25, 0.3) is 0 Å². The monoisotopic (exact) mass is 442 g/mol. The van der Waals surface area contributed by atoms with Gasteiger partial charge in [0.05, 0.1) is 17.8 Å². The summed E-state index contributed by atoms with van der Waals surface area (Å²) in [6, 6.07) is 27.6. The number of hydrogen-bond donors (Lipinski definition) is 2. The molecule has 33 heavy (non-hydrogen) atoms. The number of ether oxygens (including phenoxy) is 2. The van der Waals surface area contributed by atoms with Gasteiger partial charge in [0.2, 0.25) is 0 Å². The third-order valence-corrected chi connectivity index (χ3v) is 5.12. The molecule has 1 aromatic heterocycles. The first kappa shape index (κ1) is 22.1. The lowest BCUT2D eigenvalue weighted by Crippen LogP contribution is -2.06. The summed E-state index contributed by atoms with van der Waals surface area (Å²) in [7, 11) is 0. The van der Waals surface area contributed by atoms with Crippen LogP contribution in [0.15, 0.2) is 84.9 Å². The Balaban J connectivity index is 1.33. The van der Waals surface area contributed by atoms with Gasteiger partial charge in [-0.25, -0.2) is 4.98 Å². The molecule has 3 aromatic carbocycles. The van der Waals surface area contributed by atoms with Crippen molar-refractivity contribution in [1.29, 1.82) is 0 Å². The Bertz CT molecular complexity index is 1230. The van der Waals surface area contributed by atoms with Crippen LogP contribution in [0.5, 0.6) is 11.5 Å². The van der Waals surface area contributed by atoms with Crippen molar-refractivity contribution >= 4 is 22.6 Å². The van der Waals surface area contributed by atoms with Crippen LogP contribution in [0.1, 0.15) is 24.1 Å². The summed E-state index contributed by atoms with van der Waals surface area (Å²) in [5.74, 6) is 0.699. The summed E-state index contributed by atoms with van der Waals surface area (Å²) < 4.78 is 11.7. The predicted octanol–water partition coefficient (Wildman–Crippen LogP) is 5.67. The van der Waals surface area contributed by atoms with E-state index in [1.807, 2.05) is 78.9 Å². The number of para-hydroxylation sites is 2. The summed E-state index contributed by atoms with van der Waals surface area (Å²) in [4.78, 5) is 15.3. The van der Waals surface area contributed by atoms with Crippen molar-refractivity contribution in [2.45, 2.75) is 26.0 Å². The van der Waals surface area contributed by atoms with Crippen LogP contribution < -0.4 is 14.8 Å². The molecule has 0 amide bonds. The molecule has 0 aliphatic heterocycles. The number of aromatic nitrogens is 1. The second kappa shape index (κ2) is 11.0. The van der Waals surface area contributed by atoms with Gasteiger partial charge in [-0.2, -0.15) is 0 Å². The van der Waals surface area contributed by atoms with Gasteiger partial charge in [0, 0.05) is 35.7 Å². The van der Waals surface area contributed by atoms with Crippen molar-refractivity contribution < 1.29 is 19.4 Å². The third-order valence-electron chi connectivity index (χ3n) is 5.12. The molecule has 6 nitrogen and oxygen atoms in total. The number of carboxylic acids is 1. The summed E-state index contributed by atoms with van der Waals surface area (Å²) in [5, 5.41) is 13.3. The molecule has 6 heteroatoms. The number of hydrogen-bond acceptors (Lipinski definition) is 5. The molecular formula is C27H26N2O4. The molecule has 1 heterocycles. The molecule has 0 bridgehead atoms. The SMILES string of the molecule is O=C(O)CCCOc1ccccc1CNc1cccc(OCc2ccc3ccccc3n2)c1. The highest BCUT2D eigenvalue weighted by Gasteiger charge is 2.05. The largest absolute Gasteiger partial charge is 0.493 e. The van der Waals surface area contributed by atoms with Crippen LogP contribution in [0.2, 0.25) is 0 Å². The second-order valence-electron chi connectivity index (χ2n) is 7.62. The van der Waals surface area contributed by atoms with E-state index in [1.165, 1.54) is 0 Å². The zero-order valence-electron chi connectivity index (χ0n) is 18.2. The standard InChI is InChI=1S/C27H26N2O4/c30-27(31)13-6-16-32-26-12-4-2-8-21(26)18-28-22-9-5-10-24(17-22)33-19-23-15-14-20-7-1-3-11-25(20)29-23/h1-5,7-12,14-15,17,28H,6,13,16,18-19H2,(H,30,31). The Kier molecular flexibility index (Phi) is 7.38. The number of benzene rings is 3. The number of aliphatic carboxylic acids is 1. The van der Waals surface area contributed by atoms with Gasteiger partial charge >= 0.3 is 5.97 Å². The Morgan fingerprint density at radius 3 is 2.67 bits per heavy atom. The van der Waals surface area contributed by atoms with Crippen LogP contribution in [0, 0.1) is 0 Å². The van der Waals surface area contributed by atoms with Crippen molar-refractivity contribution in [3.05, 3.63) is 96.2 Å². The third kappa shape index (κ3) is 6.46. The maximum Gasteiger partial charge on any atom is 0.303 e. The van der Waals surface area contributed by atoms with Gasteiger partial charge in [0.15, 0.2) is 0 Å². The highest BCUT2D eigenvalue weighted by molar-refractivity contribution is 5.78. The Hall–Kier alpha value is -4.06. The van der Waals surface area contributed by atoms with Crippen LogP contribution >= 0.6 is 0 Å². The first-order valence-corrected chi connectivity index (χ1v) is 10.9. The molecule has 0 saturated heterocycles. The Morgan fingerprint density at radius 2 is 1.76 bits per heavy atom. The molecule has 4 aromatic rings. The highest BCUT2D eigenvalue weighted by atomic mass is 16.5. The maximum absolute atomic E-state index is 10.7. The van der Waals surface area contributed by atoms with E-state index < -0.39 is 5.97 Å². The Morgan fingerprint density at radius 1 is 0.909 bits per heavy atom. The molecule has 0 saturated carbocycles. The smallest absolute Gasteiger partial charge is 0.303 e. The first-order valence-electron chi connectivity index (χ1n) is 10.9. The van der Waals surface area contributed by atoms with Gasteiger partial charge < -0.3 is 19.9 Å². The van der Waals surface area contributed by atoms with Crippen molar-refractivity contribution in [2.75, 3.05) is 11.9 Å². The minimum Gasteiger partial charge on any atom is -0.493 e. The minimum atomic E-state index is -0.813. The van der Waals surface area contributed by atoms with Crippen molar-refractivity contribution in [1.82, 2.24) is 4.98 Å². The number of nitrogens with one attached hydrogen (secondary N) is 1. The first-order chi connectivity index (χ1) is 16.2. The number of carboxylic acid groups (broad SMARTS) is 1. The molecule has 0 unspecified atom stereocenters. The van der Waals surface area contributed by atoms with Gasteiger partial charge in [-0.05, 0) is 36.8 Å². The fourth-order valence-corrected chi connectivity index (χ4v) is 3.44. The summed E-state index contributed by atoms with van der Waals surface area (Å²) in [5.41, 5.74) is 3.76. The van der Waals surface area contributed by atoms with Gasteiger partial charge in [-0.15, -0.1) is 0 Å². The number of pyridine rings is 1. The van der Waals surface area contributed by atoms with Crippen LogP contribution in [-0.4, -0.2) is 22.7 Å². The average molecular weight is 443 g/mol. The van der Waals surface area contributed by atoms with Crippen LogP contribution in [-0.2, 0) is 17.9 Å². The van der Waals surface area contributed by atoms with E-state index in [2.05, 4.69) is 16.4 Å². The maximum atomic E-state index is 10.7. The number of fused-ring (bicyclic) bond motifs is 1. The van der Waals surface area contributed by atoms with Gasteiger partial charge in [0.1, 0.15) is 18.1 Å². The van der Waals surface area contributed by atoms with E-state index in [4.69, 9.17) is 14.6 Å². The van der Waals surface area contributed by atoms with Gasteiger partial charge in [-0.3, -0.25) is 4.79 Å². The topological polar surface area (TPSA) is 80.7 Å². The van der Waals surface area contributed by atoms with Crippen molar-refractivity contribution in [2.24, 2.45) is 0 Å². The second-order valence-corrected chi connectivity index (χ2v) is 7.62. The van der Waals surface area contributed by atoms with Crippen LogP contribution in [0.3, 0.4) is 0 Å². The van der Waals surface area contributed by atoms with E-state index in [9.17, 15) is 4.79 Å². The number of carbonyl (C=O) groups is 1. The molecule has 4 rings (SSSR count). The predicted molar refractivity (Wildman–Crippen MR) is 129 cm³/mol. The molecule has 0 aliphatic rings. The number of nitrogens with zero attached hydrogens (tertiary/aromatic N) is 1. The highest BCUT2D eigenvalue weighted by Crippen LogP contribution is 2.23. The van der Waals surface area contributed by atoms with Crippen LogP contribution in [0.25, 0.3) is 10.9 Å². The van der Waals surface area contributed by atoms with E-state index >= 15 is 0 Å². The average Bonchev–Trinajstić information content (AvgIpc) is 2.85. The normalized spacial score (nSPS) is 10.7. The molecule has 0 atom stereocenters. The van der Waals surface area contributed by atoms with E-state index in [1.54, 1.807) is 0 Å². The molecule has 0 aliphatic carbocycles. The van der Waals surface area contributed by atoms with Crippen LogP contribution in [0.4, 0.5) is 5.69 Å². The van der Waals surface area contributed by atoms with E-state index in [0.717, 1.165) is 39.3 Å². The fraction of sp³-hybridized carbons (Fsp3) is 0.185. The Labute approximate surface area is 192 Å². The fourth-order valence-electron chi connectivity index (χ4n) is 3.44. The zero-order valence-corrected chi connectivity index (χ0v) is 18.2. The number of anilines is 1. The summed E-state index contributed by atoms with van der Waals surface area (Å²) in [6.45, 7) is 1.33. The summed E-state index contributed by atoms with van der Waals surface area (Å²) in [6.07, 6.45) is 0.574. The van der Waals surface area contributed by atoms with Crippen molar-refractivity contribution in [3.63, 3.8) is 0 Å². The number of rotatable bonds is 11. The lowest BCUT2D eigenvalue weighted by molar-refractivity contribution is -0.137. The quantitative estimate of drug-likeness (QED) is 0.291. The van der Waals surface area contributed by atoms with E-state index in [-0.39, 0.29) is 6.42 Å². The van der Waals surface area contributed by atoms with Gasteiger partial charge in [-0.1, -0.05) is 48.5 Å². The molecule has 0 fully saturated rings. The van der Waals surface area contributed by atoms with E-state index in [0.29, 0.717) is 26.2 Å². The minimum absolute atomic E-state index is 0.0991.